The largest absolute Gasteiger partial charge is 0.480 e. The van der Waals surface area contributed by atoms with E-state index in [0.29, 0.717) is 9.61 Å². The summed E-state index contributed by atoms with van der Waals surface area (Å²) in [5.74, 6) is -3.57. The zero-order chi connectivity index (χ0) is 14.9. The van der Waals surface area contributed by atoms with Crippen molar-refractivity contribution in [1.82, 2.24) is 4.98 Å². The summed E-state index contributed by atoms with van der Waals surface area (Å²) >= 11 is 4.52. The number of halogens is 3. The molecule has 1 heterocycles. The Morgan fingerprint density at radius 3 is 2.75 bits per heavy atom. The first-order chi connectivity index (χ1) is 9.40. The summed E-state index contributed by atoms with van der Waals surface area (Å²) in [7, 11) is 0. The number of nitrogens with two attached hydrogens (primary N) is 1. The molecular formula is C12H9BrF2N2O2S. The minimum absolute atomic E-state index is 0.251. The molecule has 1 aromatic carbocycles. The number of thiazole rings is 1. The Kier molecular flexibility index (Phi) is 4.34. The molecule has 2 aromatic rings. The third-order valence-electron chi connectivity index (χ3n) is 2.45. The second-order valence-electron chi connectivity index (χ2n) is 3.87. The molecule has 0 saturated carbocycles. The molecular weight excluding hydrogens is 354 g/mol. The zero-order valence-electron chi connectivity index (χ0n) is 10.2. The van der Waals surface area contributed by atoms with Crippen LogP contribution in [0.4, 0.5) is 8.78 Å². The maximum Gasteiger partial charge on any atom is 0.254 e. The molecule has 0 bridgehead atoms. The Morgan fingerprint density at radius 2 is 2.20 bits per heavy atom. The molecule has 0 fully saturated rings. The summed E-state index contributed by atoms with van der Waals surface area (Å²) in [5.41, 5.74) is 4.13. The van der Waals surface area contributed by atoms with Crippen molar-refractivity contribution in [3.8, 4) is 5.75 Å². The van der Waals surface area contributed by atoms with Crippen LogP contribution < -0.4 is 10.5 Å². The van der Waals surface area contributed by atoms with Crippen molar-refractivity contribution in [3.05, 3.63) is 44.3 Å². The van der Waals surface area contributed by atoms with Gasteiger partial charge < -0.3 is 10.5 Å². The lowest BCUT2D eigenvalue weighted by molar-refractivity contribution is 0.0990. The van der Waals surface area contributed by atoms with Crippen LogP contribution >= 0.6 is 27.3 Å². The summed E-state index contributed by atoms with van der Waals surface area (Å²) in [5, 5.41) is 2.37. The van der Waals surface area contributed by atoms with E-state index in [9.17, 15) is 13.6 Å². The Labute approximate surface area is 125 Å². The van der Waals surface area contributed by atoms with Crippen molar-refractivity contribution in [1.29, 1.82) is 0 Å². The molecule has 1 aromatic heterocycles. The number of rotatable bonds is 4. The Bertz CT molecular complexity index is 663. The van der Waals surface area contributed by atoms with E-state index >= 15 is 0 Å². The Hall–Kier alpha value is -1.54. The van der Waals surface area contributed by atoms with E-state index in [1.807, 2.05) is 0 Å². The van der Waals surface area contributed by atoms with Crippen LogP contribution in [0.15, 0.2) is 22.1 Å². The molecule has 1 amide bonds. The highest BCUT2D eigenvalue weighted by Crippen LogP contribution is 2.29. The number of aromatic nitrogens is 1. The van der Waals surface area contributed by atoms with Gasteiger partial charge in [0.1, 0.15) is 27.1 Å². The van der Waals surface area contributed by atoms with Gasteiger partial charge in [-0.3, -0.25) is 4.79 Å². The highest BCUT2D eigenvalue weighted by Gasteiger charge is 2.21. The fourth-order valence-corrected chi connectivity index (χ4v) is 2.80. The number of hydrogen-bond donors (Lipinski definition) is 1. The predicted molar refractivity (Wildman–Crippen MR) is 73.7 cm³/mol. The van der Waals surface area contributed by atoms with E-state index in [1.165, 1.54) is 11.3 Å². The standard InChI is InChI=1S/C12H9BrF2N2O2S/c1-5(12-17-8(13)4-20-12)19-7-3-2-6(14)9(10(7)15)11(16)18/h2-5H,1H3,(H2,16,18). The summed E-state index contributed by atoms with van der Waals surface area (Å²) in [6.45, 7) is 1.66. The fraction of sp³-hybridized carbons (Fsp3) is 0.167. The maximum atomic E-state index is 14.0. The minimum atomic E-state index is -1.19. The van der Waals surface area contributed by atoms with Crippen LogP contribution in [0.2, 0.25) is 0 Å². The first kappa shape index (κ1) is 14.9. The quantitative estimate of drug-likeness (QED) is 0.905. The SMILES string of the molecule is CC(Oc1ccc(F)c(C(N)=O)c1F)c1nc(Br)cs1. The Morgan fingerprint density at radius 1 is 1.50 bits per heavy atom. The molecule has 2 rings (SSSR count). The van der Waals surface area contributed by atoms with Gasteiger partial charge in [0.15, 0.2) is 11.6 Å². The molecule has 0 aliphatic heterocycles. The van der Waals surface area contributed by atoms with Crippen molar-refractivity contribution < 1.29 is 18.3 Å². The molecule has 0 radical (unpaired) electrons. The number of ether oxygens (including phenoxy) is 1. The van der Waals surface area contributed by atoms with Crippen LogP contribution in [0.5, 0.6) is 5.75 Å². The van der Waals surface area contributed by atoms with Gasteiger partial charge in [-0.2, -0.15) is 0 Å². The second kappa shape index (κ2) is 5.84. The van der Waals surface area contributed by atoms with Gasteiger partial charge in [0.05, 0.1) is 0 Å². The smallest absolute Gasteiger partial charge is 0.254 e. The molecule has 20 heavy (non-hydrogen) atoms. The number of carbonyl (C=O) groups excluding carboxylic acids is 1. The highest BCUT2D eigenvalue weighted by molar-refractivity contribution is 9.10. The van der Waals surface area contributed by atoms with E-state index in [-0.39, 0.29) is 5.75 Å². The number of primary amides is 1. The summed E-state index contributed by atoms with van der Waals surface area (Å²) in [6, 6.07) is 2.04. The normalized spacial score (nSPS) is 12.2. The van der Waals surface area contributed by atoms with Gasteiger partial charge in [-0.1, -0.05) is 0 Å². The molecule has 8 heteroatoms. The van der Waals surface area contributed by atoms with Gasteiger partial charge >= 0.3 is 0 Å². The molecule has 2 N–H and O–H groups in total. The summed E-state index contributed by atoms with van der Waals surface area (Å²) in [6.07, 6.45) is -0.549. The topological polar surface area (TPSA) is 65.2 Å². The van der Waals surface area contributed by atoms with Gasteiger partial charge in [-0.15, -0.1) is 11.3 Å². The van der Waals surface area contributed by atoms with Crippen LogP contribution in [0, 0.1) is 11.6 Å². The third kappa shape index (κ3) is 2.96. The number of nitrogens with zero attached hydrogens (tertiary/aromatic N) is 1. The molecule has 0 spiro atoms. The van der Waals surface area contributed by atoms with Gasteiger partial charge in [0.25, 0.3) is 5.91 Å². The minimum Gasteiger partial charge on any atom is -0.480 e. The van der Waals surface area contributed by atoms with Crippen LogP contribution in [0.3, 0.4) is 0 Å². The van der Waals surface area contributed by atoms with Crippen LogP contribution in [-0.4, -0.2) is 10.9 Å². The van der Waals surface area contributed by atoms with Gasteiger partial charge in [-0.25, -0.2) is 13.8 Å². The highest BCUT2D eigenvalue weighted by atomic mass is 79.9. The van der Waals surface area contributed by atoms with E-state index in [0.717, 1.165) is 12.1 Å². The van der Waals surface area contributed by atoms with Crippen molar-refractivity contribution in [2.75, 3.05) is 0 Å². The average molecular weight is 363 g/mol. The lowest BCUT2D eigenvalue weighted by Gasteiger charge is -2.14. The third-order valence-corrected chi connectivity index (χ3v) is 4.16. The number of hydrogen-bond acceptors (Lipinski definition) is 4. The maximum absolute atomic E-state index is 14.0. The van der Waals surface area contributed by atoms with E-state index in [2.05, 4.69) is 20.9 Å². The summed E-state index contributed by atoms with van der Waals surface area (Å²) in [4.78, 5) is 15.2. The van der Waals surface area contributed by atoms with Crippen molar-refractivity contribution in [2.24, 2.45) is 5.73 Å². The molecule has 106 valence electrons. The Balaban J connectivity index is 2.30. The van der Waals surface area contributed by atoms with Crippen LogP contribution in [0.1, 0.15) is 28.4 Å². The number of carbonyl (C=O) groups is 1. The van der Waals surface area contributed by atoms with Gasteiger partial charge in [0.2, 0.25) is 0 Å². The van der Waals surface area contributed by atoms with Gasteiger partial charge in [-0.05, 0) is 35.0 Å². The average Bonchev–Trinajstić information content (AvgIpc) is 2.79. The predicted octanol–water partition coefficient (Wildman–Crippen LogP) is 3.42. The number of benzene rings is 1. The second-order valence-corrected chi connectivity index (χ2v) is 5.57. The van der Waals surface area contributed by atoms with E-state index < -0.39 is 29.2 Å². The van der Waals surface area contributed by atoms with E-state index in [1.54, 1.807) is 12.3 Å². The van der Waals surface area contributed by atoms with Crippen LogP contribution in [0.25, 0.3) is 0 Å². The van der Waals surface area contributed by atoms with Crippen molar-refractivity contribution in [3.63, 3.8) is 0 Å². The zero-order valence-corrected chi connectivity index (χ0v) is 12.6. The molecule has 0 aliphatic rings. The van der Waals surface area contributed by atoms with Crippen LogP contribution in [-0.2, 0) is 0 Å². The molecule has 1 atom stereocenters. The van der Waals surface area contributed by atoms with E-state index in [4.69, 9.17) is 10.5 Å². The lowest BCUT2D eigenvalue weighted by Crippen LogP contribution is -2.16. The first-order valence-electron chi connectivity index (χ1n) is 5.45. The number of amides is 1. The summed E-state index contributed by atoms with van der Waals surface area (Å²) < 4.78 is 33.3. The van der Waals surface area contributed by atoms with Crippen molar-refractivity contribution in [2.45, 2.75) is 13.0 Å². The molecule has 0 saturated heterocycles. The molecule has 4 nitrogen and oxygen atoms in total. The molecule has 0 aliphatic carbocycles. The van der Waals surface area contributed by atoms with Gasteiger partial charge in [0, 0.05) is 5.38 Å². The fourth-order valence-electron chi connectivity index (χ4n) is 1.54. The first-order valence-corrected chi connectivity index (χ1v) is 7.12. The van der Waals surface area contributed by atoms with Crippen molar-refractivity contribution >= 4 is 33.2 Å². The molecule has 1 unspecified atom stereocenters. The lowest BCUT2D eigenvalue weighted by atomic mass is 10.1. The monoisotopic (exact) mass is 362 g/mol.